The number of ether oxygens (including phenoxy) is 6. The van der Waals surface area contributed by atoms with E-state index in [4.69, 9.17) is 28.4 Å². The molecule has 0 aliphatic rings. The van der Waals surface area contributed by atoms with E-state index in [0.717, 1.165) is 140 Å². The Morgan fingerprint density at radius 2 is 0.869 bits per heavy atom. The highest BCUT2D eigenvalue weighted by Gasteiger charge is 2.12. The van der Waals surface area contributed by atoms with Crippen LogP contribution in [-0.2, 0) is 35.1 Å². The summed E-state index contributed by atoms with van der Waals surface area (Å²) in [5.41, 5.74) is 0.752. The van der Waals surface area contributed by atoms with Gasteiger partial charge >= 0.3 is 18.1 Å². The van der Waals surface area contributed by atoms with Gasteiger partial charge in [-0.2, -0.15) is 0 Å². The lowest BCUT2D eigenvalue weighted by atomic mass is 10.1. The zero-order valence-corrected chi connectivity index (χ0v) is 39.7. The predicted molar refractivity (Wildman–Crippen MR) is 249 cm³/mol. The minimum atomic E-state index is -0.679. The van der Waals surface area contributed by atoms with Gasteiger partial charge < -0.3 is 33.3 Å². The molecule has 0 aliphatic heterocycles. The van der Waals surface area contributed by atoms with Crippen molar-refractivity contribution in [2.24, 2.45) is 0 Å². The molecule has 0 saturated carbocycles. The van der Waals surface area contributed by atoms with Gasteiger partial charge in [0, 0.05) is 24.9 Å². The number of hydrogen-bond donors (Lipinski definition) is 0. The van der Waals surface area contributed by atoms with E-state index in [1.807, 2.05) is 18.2 Å². The largest absolute Gasteiger partial charge is 0.508 e. The summed E-state index contributed by atoms with van der Waals surface area (Å²) in [6.07, 6.45) is 30.4. The molecule has 0 bridgehead atoms. The fourth-order valence-electron chi connectivity index (χ4n) is 7.22. The molecule has 0 fully saturated rings. The van der Waals surface area contributed by atoms with E-state index in [2.05, 4.69) is 32.6 Å². The van der Waals surface area contributed by atoms with Gasteiger partial charge in [-0.3, -0.25) is 9.59 Å². The van der Waals surface area contributed by atoms with E-state index in [1.54, 1.807) is 0 Å². The van der Waals surface area contributed by atoms with Crippen LogP contribution in [0.1, 0.15) is 219 Å². The van der Waals surface area contributed by atoms with Crippen LogP contribution in [0, 0.1) is 0 Å². The van der Waals surface area contributed by atoms with Crippen molar-refractivity contribution in [1.82, 2.24) is 4.90 Å². The van der Waals surface area contributed by atoms with Crippen molar-refractivity contribution in [3.63, 3.8) is 0 Å². The molecule has 1 aromatic carbocycles. The molecule has 0 aromatic heterocycles. The second-order valence-corrected chi connectivity index (χ2v) is 16.7. The van der Waals surface area contributed by atoms with Gasteiger partial charge in [-0.15, -0.1) is 0 Å². The lowest BCUT2D eigenvalue weighted by molar-refractivity contribution is -0.144. The fraction of sp³-hybridized carbons (Fsp3) is 0.824. The van der Waals surface area contributed by atoms with Crippen molar-refractivity contribution < 1.29 is 42.8 Å². The van der Waals surface area contributed by atoms with E-state index in [-0.39, 0.29) is 18.5 Å². The van der Waals surface area contributed by atoms with Gasteiger partial charge in [-0.25, -0.2) is 4.79 Å². The lowest BCUT2D eigenvalue weighted by Gasteiger charge is -2.17. The summed E-state index contributed by atoms with van der Waals surface area (Å²) in [4.78, 5) is 38.7. The summed E-state index contributed by atoms with van der Waals surface area (Å²) in [6, 6.07) is 5.72. The van der Waals surface area contributed by atoms with E-state index >= 15 is 0 Å². The molecule has 1 aromatic rings. The molecule has 61 heavy (non-hydrogen) atoms. The van der Waals surface area contributed by atoms with Crippen LogP contribution in [0.25, 0.3) is 0 Å². The molecule has 0 unspecified atom stereocenters. The Kier molecular flexibility index (Phi) is 38.8. The van der Waals surface area contributed by atoms with E-state index in [0.29, 0.717) is 51.6 Å². The van der Waals surface area contributed by atoms with Crippen LogP contribution in [0.3, 0.4) is 0 Å². The first-order valence-electron chi connectivity index (χ1n) is 25.1. The first kappa shape index (κ1) is 56.0. The minimum absolute atomic E-state index is 0.0411. The predicted octanol–water partition coefficient (Wildman–Crippen LogP) is 13.9. The molecule has 354 valence electrons. The number of hydrogen-bond acceptors (Lipinski definition) is 10. The fourth-order valence-corrected chi connectivity index (χ4v) is 7.22. The maximum absolute atomic E-state index is 12.4. The average molecular weight is 862 g/mol. The van der Waals surface area contributed by atoms with Crippen LogP contribution in [0.15, 0.2) is 18.2 Å². The van der Waals surface area contributed by atoms with Crippen LogP contribution < -0.4 is 9.47 Å². The number of esters is 2. The number of nitrogens with zero attached hydrogens (tertiary/aromatic N) is 1. The van der Waals surface area contributed by atoms with E-state index in [1.165, 1.54) is 64.2 Å². The Bertz CT molecular complexity index is 1170. The maximum atomic E-state index is 12.4. The highest BCUT2D eigenvalue weighted by Crippen LogP contribution is 2.26. The zero-order valence-electron chi connectivity index (χ0n) is 39.7. The van der Waals surface area contributed by atoms with Gasteiger partial charge in [-0.05, 0) is 76.2 Å². The summed E-state index contributed by atoms with van der Waals surface area (Å²) >= 11 is 0. The normalized spacial score (nSPS) is 11.2. The molecule has 0 amide bonds. The van der Waals surface area contributed by atoms with Crippen LogP contribution in [-0.4, -0.2) is 75.7 Å². The summed E-state index contributed by atoms with van der Waals surface area (Å²) in [5, 5.41) is 0. The summed E-state index contributed by atoms with van der Waals surface area (Å²) in [5.74, 6) is 1.30. The average Bonchev–Trinajstić information content (AvgIpc) is 3.26. The van der Waals surface area contributed by atoms with Gasteiger partial charge in [0.05, 0.1) is 33.0 Å². The molecule has 1 rings (SSSR count). The third kappa shape index (κ3) is 35.2. The van der Waals surface area contributed by atoms with E-state index < -0.39 is 6.16 Å². The van der Waals surface area contributed by atoms with Gasteiger partial charge in [0.1, 0.15) is 18.1 Å². The Labute approximate surface area is 373 Å². The van der Waals surface area contributed by atoms with Crippen molar-refractivity contribution >= 4 is 18.1 Å². The van der Waals surface area contributed by atoms with Gasteiger partial charge in [-0.1, -0.05) is 156 Å². The molecule has 0 spiro atoms. The second-order valence-electron chi connectivity index (χ2n) is 16.7. The molecule has 0 saturated heterocycles. The Morgan fingerprint density at radius 3 is 1.36 bits per heavy atom. The Balaban J connectivity index is 2.34. The summed E-state index contributed by atoms with van der Waals surface area (Å²) in [7, 11) is 0. The van der Waals surface area contributed by atoms with Crippen molar-refractivity contribution in [2.45, 2.75) is 221 Å². The van der Waals surface area contributed by atoms with E-state index in [9.17, 15) is 14.4 Å². The number of carbonyl (C=O) groups is 3. The Morgan fingerprint density at radius 1 is 0.443 bits per heavy atom. The first-order chi connectivity index (χ1) is 29.9. The molecule has 0 N–H and O–H groups in total. The summed E-state index contributed by atoms with van der Waals surface area (Å²) < 4.78 is 34.0. The minimum Gasteiger partial charge on any atom is -0.494 e. The zero-order chi connectivity index (χ0) is 44.3. The second kappa shape index (κ2) is 42.3. The molecule has 0 atom stereocenters. The molecular weight excluding hydrogens is 771 g/mol. The topological polar surface area (TPSA) is 110 Å². The smallest absolute Gasteiger partial charge is 0.494 e. The number of benzene rings is 1. The third-order valence-electron chi connectivity index (χ3n) is 11.2. The number of carbonyl (C=O) groups excluding carboxylic acids is 3. The quantitative estimate of drug-likeness (QED) is 0.0357. The van der Waals surface area contributed by atoms with Crippen molar-refractivity contribution in [3.8, 4) is 11.5 Å². The standard InChI is InChI=1S/C51H91NO9/c1-5-9-11-13-15-21-27-34-49(53)58-41-31-25-19-17-23-29-39-56-47-36-37-48(46(44-47)45-61-51(55)60-43-33-38-52(7-3)8-4)57-40-30-24-18-20-26-32-42-59-50(54)35-28-22-16-14-12-10-6-2/h36-37,44H,5-35,38-43,45H2,1-4H3. The van der Waals surface area contributed by atoms with Crippen molar-refractivity contribution in [2.75, 3.05) is 52.7 Å². The highest BCUT2D eigenvalue weighted by molar-refractivity contribution is 5.69. The van der Waals surface area contributed by atoms with Crippen molar-refractivity contribution in [3.05, 3.63) is 23.8 Å². The van der Waals surface area contributed by atoms with Crippen molar-refractivity contribution in [1.29, 1.82) is 0 Å². The summed E-state index contributed by atoms with van der Waals surface area (Å²) in [6.45, 7) is 14.1. The van der Waals surface area contributed by atoms with Gasteiger partial charge in [0.15, 0.2) is 0 Å². The SMILES string of the molecule is CCCCCCCCCC(=O)OCCCCCCCCOc1ccc(OCCCCCCCCOC(=O)CCCCCCCCC)c(COC(=O)OCCCN(CC)CC)c1. The number of rotatable bonds is 44. The highest BCUT2D eigenvalue weighted by atomic mass is 16.7. The lowest BCUT2D eigenvalue weighted by Crippen LogP contribution is -2.25. The monoisotopic (exact) mass is 862 g/mol. The first-order valence-corrected chi connectivity index (χ1v) is 25.1. The van der Waals surface area contributed by atoms with Crippen LogP contribution >= 0.6 is 0 Å². The molecular formula is C51H91NO9. The molecule has 10 heteroatoms. The molecule has 0 radical (unpaired) electrons. The van der Waals surface area contributed by atoms with Gasteiger partial charge in [0.25, 0.3) is 0 Å². The molecule has 0 heterocycles. The van der Waals surface area contributed by atoms with Gasteiger partial charge in [0.2, 0.25) is 0 Å². The third-order valence-corrected chi connectivity index (χ3v) is 11.2. The maximum Gasteiger partial charge on any atom is 0.508 e. The molecule has 10 nitrogen and oxygen atoms in total. The number of unbranched alkanes of at least 4 members (excludes halogenated alkanes) is 22. The Hall–Kier alpha value is -3.01. The molecule has 0 aliphatic carbocycles. The van der Waals surface area contributed by atoms with Crippen LogP contribution in [0.2, 0.25) is 0 Å². The van der Waals surface area contributed by atoms with Crippen LogP contribution in [0.4, 0.5) is 4.79 Å². The van der Waals surface area contributed by atoms with Crippen LogP contribution in [0.5, 0.6) is 11.5 Å².